The van der Waals surface area contributed by atoms with E-state index in [4.69, 9.17) is 0 Å². The zero-order valence-electron chi connectivity index (χ0n) is 10.7. The number of hydrogen-bond acceptors (Lipinski definition) is 3. The summed E-state index contributed by atoms with van der Waals surface area (Å²) in [7, 11) is 0. The largest absolute Gasteiger partial charge is 0.370 e. The SMILES string of the molecule is CC(Nc1ccccc1)(c1cccs1)c1cccs1. The van der Waals surface area contributed by atoms with Crippen LogP contribution in [0.3, 0.4) is 0 Å². The Morgan fingerprint density at radius 2 is 1.37 bits per heavy atom. The molecular formula is C16H15NS2. The van der Waals surface area contributed by atoms with Gasteiger partial charge in [-0.3, -0.25) is 0 Å². The van der Waals surface area contributed by atoms with Crippen LogP contribution < -0.4 is 5.32 Å². The van der Waals surface area contributed by atoms with Crippen molar-refractivity contribution < 1.29 is 0 Å². The van der Waals surface area contributed by atoms with Gasteiger partial charge in [-0.15, -0.1) is 22.7 Å². The van der Waals surface area contributed by atoms with Gasteiger partial charge in [-0.25, -0.2) is 0 Å². The van der Waals surface area contributed by atoms with Crippen LogP contribution in [-0.4, -0.2) is 0 Å². The fraction of sp³-hybridized carbons (Fsp3) is 0.125. The molecule has 19 heavy (non-hydrogen) atoms. The van der Waals surface area contributed by atoms with E-state index in [-0.39, 0.29) is 5.54 Å². The summed E-state index contributed by atoms with van der Waals surface area (Å²) < 4.78 is 0. The van der Waals surface area contributed by atoms with Crippen LogP contribution in [0.4, 0.5) is 5.69 Å². The summed E-state index contributed by atoms with van der Waals surface area (Å²) in [6, 6.07) is 19.0. The second kappa shape index (κ2) is 5.19. The van der Waals surface area contributed by atoms with Crippen molar-refractivity contribution in [2.75, 3.05) is 5.32 Å². The van der Waals surface area contributed by atoms with Gasteiger partial charge in [-0.1, -0.05) is 30.3 Å². The number of rotatable bonds is 4. The maximum Gasteiger partial charge on any atom is 0.104 e. The van der Waals surface area contributed by atoms with Gasteiger partial charge in [0.25, 0.3) is 0 Å². The molecule has 0 atom stereocenters. The van der Waals surface area contributed by atoms with Crippen molar-refractivity contribution in [2.45, 2.75) is 12.5 Å². The molecule has 3 rings (SSSR count). The van der Waals surface area contributed by atoms with Crippen LogP contribution in [0.5, 0.6) is 0 Å². The van der Waals surface area contributed by atoms with Crippen LogP contribution in [-0.2, 0) is 5.54 Å². The number of thiophene rings is 2. The lowest BCUT2D eigenvalue weighted by Crippen LogP contribution is -2.31. The van der Waals surface area contributed by atoms with E-state index in [0.29, 0.717) is 0 Å². The smallest absolute Gasteiger partial charge is 0.104 e. The molecule has 1 nitrogen and oxygen atoms in total. The number of hydrogen-bond donors (Lipinski definition) is 1. The van der Waals surface area contributed by atoms with Crippen molar-refractivity contribution in [2.24, 2.45) is 0 Å². The van der Waals surface area contributed by atoms with Gasteiger partial charge >= 0.3 is 0 Å². The van der Waals surface area contributed by atoms with Crippen molar-refractivity contribution in [1.29, 1.82) is 0 Å². The molecule has 2 aromatic heterocycles. The van der Waals surface area contributed by atoms with E-state index in [2.05, 4.69) is 71.5 Å². The number of benzene rings is 1. The number of para-hydroxylation sites is 1. The molecule has 0 fully saturated rings. The molecule has 0 aliphatic carbocycles. The Bertz CT molecular complexity index is 578. The van der Waals surface area contributed by atoms with Gasteiger partial charge < -0.3 is 5.32 Å². The first kappa shape index (κ1) is 12.5. The lowest BCUT2D eigenvalue weighted by molar-refractivity contribution is 0.691. The lowest BCUT2D eigenvalue weighted by Gasteiger charge is -2.30. The second-order valence-electron chi connectivity index (χ2n) is 4.57. The summed E-state index contributed by atoms with van der Waals surface area (Å²) >= 11 is 3.58. The van der Waals surface area contributed by atoms with Crippen LogP contribution >= 0.6 is 22.7 Å². The lowest BCUT2D eigenvalue weighted by atomic mass is 9.97. The second-order valence-corrected chi connectivity index (χ2v) is 6.47. The molecule has 0 amide bonds. The summed E-state index contributed by atoms with van der Waals surface area (Å²) in [6.45, 7) is 2.25. The van der Waals surface area contributed by atoms with Gasteiger partial charge in [-0.05, 0) is 41.9 Å². The van der Waals surface area contributed by atoms with Gasteiger partial charge in [0.2, 0.25) is 0 Å². The molecule has 1 N–H and O–H groups in total. The third-order valence-electron chi connectivity index (χ3n) is 3.20. The first-order valence-corrected chi connectivity index (χ1v) is 7.96. The minimum atomic E-state index is -0.163. The molecule has 0 radical (unpaired) electrons. The summed E-state index contributed by atoms with van der Waals surface area (Å²) in [5.41, 5.74) is 0.982. The zero-order chi connectivity index (χ0) is 13.1. The standard InChI is InChI=1S/C16H15NS2/c1-16(14-9-5-11-18-14,15-10-6-12-19-15)17-13-7-3-2-4-8-13/h2-12,17H,1H3. The van der Waals surface area contributed by atoms with Gasteiger partial charge in [0, 0.05) is 15.4 Å². The molecular weight excluding hydrogens is 270 g/mol. The Hall–Kier alpha value is -1.58. The summed E-state index contributed by atoms with van der Waals surface area (Å²) in [5.74, 6) is 0. The van der Waals surface area contributed by atoms with Crippen LogP contribution in [0, 0.1) is 0 Å². The monoisotopic (exact) mass is 285 g/mol. The molecule has 0 aliphatic heterocycles. The van der Waals surface area contributed by atoms with Crippen LogP contribution in [0.25, 0.3) is 0 Å². The predicted octanol–water partition coefficient (Wildman–Crippen LogP) is 5.19. The van der Waals surface area contributed by atoms with Crippen LogP contribution in [0.2, 0.25) is 0 Å². The van der Waals surface area contributed by atoms with E-state index in [1.165, 1.54) is 9.75 Å². The maximum atomic E-state index is 3.68. The Kier molecular flexibility index (Phi) is 3.40. The molecule has 3 heteroatoms. The molecule has 2 heterocycles. The highest BCUT2D eigenvalue weighted by Crippen LogP contribution is 2.38. The highest BCUT2D eigenvalue weighted by molar-refractivity contribution is 7.11. The third-order valence-corrected chi connectivity index (χ3v) is 5.38. The normalized spacial score (nSPS) is 11.4. The molecule has 0 spiro atoms. The molecule has 0 unspecified atom stereocenters. The molecule has 1 aromatic carbocycles. The quantitative estimate of drug-likeness (QED) is 0.696. The van der Waals surface area contributed by atoms with Crippen molar-refractivity contribution in [3.05, 3.63) is 75.1 Å². The Labute approximate surface area is 121 Å². The summed E-state index contributed by atoms with van der Waals surface area (Å²) in [6.07, 6.45) is 0. The molecule has 96 valence electrons. The van der Waals surface area contributed by atoms with Gasteiger partial charge in [0.05, 0.1) is 0 Å². The van der Waals surface area contributed by atoms with Gasteiger partial charge in [0.15, 0.2) is 0 Å². The number of nitrogens with one attached hydrogen (secondary N) is 1. The highest BCUT2D eigenvalue weighted by atomic mass is 32.1. The minimum absolute atomic E-state index is 0.163. The van der Waals surface area contributed by atoms with Gasteiger partial charge in [-0.2, -0.15) is 0 Å². The van der Waals surface area contributed by atoms with Crippen molar-refractivity contribution in [3.63, 3.8) is 0 Å². The average molecular weight is 285 g/mol. The first-order chi connectivity index (χ1) is 9.29. The van der Waals surface area contributed by atoms with Gasteiger partial charge in [0.1, 0.15) is 5.54 Å². The molecule has 0 aliphatic rings. The fourth-order valence-corrected chi connectivity index (χ4v) is 3.96. The van der Waals surface area contributed by atoms with Crippen LogP contribution in [0.15, 0.2) is 65.4 Å². The fourth-order valence-electron chi connectivity index (χ4n) is 2.18. The van der Waals surface area contributed by atoms with E-state index >= 15 is 0 Å². The van der Waals surface area contributed by atoms with E-state index in [1.54, 1.807) is 22.7 Å². The Balaban J connectivity index is 2.03. The van der Waals surface area contributed by atoms with E-state index in [1.807, 2.05) is 6.07 Å². The predicted molar refractivity (Wildman–Crippen MR) is 85.2 cm³/mol. The zero-order valence-corrected chi connectivity index (χ0v) is 12.3. The van der Waals surface area contributed by atoms with E-state index in [0.717, 1.165) is 5.69 Å². The van der Waals surface area contributed by atoms with Crippen molar-refractivity contribution >= 4 is 28.4 Å². The molecule has 3 aromatic rings. The average Bonchev–Trinajstić information content (AvgIpc) is 3.14. The summed E-state index contributed by atoms with van der Waals surface area (Å²) in [5, 5.41) is 7.95. The van der Waals surface area contributed by atoms with Crippen LogP contribution in [0.1, 0.15) is 16.7 Å². The minimum Gasteiger partial charge on any atom is -0.370 e. The van der Waals surface area contributed by atoms with Crippen molar-refractivity contribution in [1.82, 2.24) is 0 Å². The molecule has 0 bridgehead atoms. The van der Waals surface area contributed by atoms with E-state index < -0.39 is 0 Å². The Morgan fingerprint density at radius 3 is 1.84 bits per heavy atom. The first-order valence-electron chi connectivity index (χ1n) is 6.20. The van der Waals surface area contributed by atoms with Crippen molar-refractivity contribution in [3.8, 4) is 0 Å². The highest BCUT2D eigenvalue weighted by Gasteiger charge is 2.30. The third kappa shape index (κ3) is 2.44. The molecule has 0 saturated carbocycles. The Morgan fingerprint density at radius 1 is 0.789 bits per heavy atom. The summed E-state index contributed by atoms with van der Waals surface area (Å²) in [4.78, 5) is 2.66. The topological polar surface area (TPSA) is 12.0 Å². The van der Waals surface area contributed by atoms with E-state index in [9.17, 15) is 0 Å². The maximum absolute atomic E-state index is 3.68. The molecule has 0 saturated heterocycles. The number of anilines is 1.